The normalized spacial score (nSPS) is 12.8. The van der Waals surface area contributed by atoms with Crippen LogP contribution in [0.3, 0.4) is 0 Å². The second kappa shape index (κ2) is 17.6. The third-order valence-corrected chi connectivity index (χ3v) is 2.80. The highest BCUT2D eigenvalue weighted by molar-refractivity contribution is 5.81. The minimum Gasteiger partial charge on any atom is -0.433 e. The first-order valence-corrected chi connectivity index (χ1v) is 8.62. The lowest BCUT2D eigenvalue weighted by molar-refractivity contribution is -0.172. The fourth-order valence-electron chi connectivity index (χ4n) is 1.58. The van der Waals surface area contributed by atoms with Gasteiger partial charge >= 0.3 is 11.9 Å². The zero-order chi connectivity index (χ0) is 20.3. The first-order valence-electron chi connectivity index (χ1n) is 8.62. The molecule has 0 amide bonds. The van der Waals surface area contributed by atoms with Gasteiger partial charge in [0, 0.05) is 12.2 Å². The molecular weight excluding hydrogens is 360 g/mol. The summed E-state index contributed by atoms with van der Waals surface area (Å²) >= 11 is 0. The van der Waals surface area contributed by atoms with E-state index in [2.05, 4.69) is 13.2 Å². The second-order valence-electron chi connectivity index (χ2n) is 5.00. The number of esters is 2. The van der Waals surface area contributed by atoms with Gasteiger partial charge in [-0.1, -0.05) is 13.2 Å². The minimum absolute atomic E-state index is 0.301. The van der Waals surface area contributed by atoms with Crippen LogP contribution < -0.4 is 0 Å². The lowest BCUT2D eigenvalue weighted by atomic mass is 10.6. The van der Waals surface area contributed by atoms with E-state index in [9.17, 15) is 9.59 Å². The molecule has 0 rings (SSSR count). The summed E-state index contributed by atoms with van der Waals surface area (Å²) < 4.78 is 36.0. The van der Waals surface area contributed by atoms with Gasteiger partial charge in [-0.15, -0.1) is 0 Å². The number of rotatable bonds is 18. The maximum atomic E-state index is 10.9. The monoisotopic (exact) mass is 390 g/mol. The van der Waals surface area contributed by atoms with Crippen molar-refractivity contribution < 1.29 is 42.7 Å². The molecule has 0 heterocycles. The van der Waals surface area contributed by atoms with Crippen molar-refractivity contribution in [3.63, 3.8) is 0 Å². The maximum Gasteiger partial charge on any atom is 0.332 e. The highest BCUT2D eigenvalue weighted by Crippen LogP contribution is 1.96. The first kappa shape index (κ1) is 25.2. The summed E-state index contributed by atoms with van der Waals surface area (Å²) in [6.07, 6.45) is 0.861. The van der Waals surface area contributed by atoms with Gasteiger partial charge in [0.15, 0.2) is 0 Å². The van der Waals surface area contributed by atoms with Crippen LogP contribution in [0.1, 0.15) is 13.8 Å². The lowest BCUT2D eigenvalue weighted by Crippen LogP contribution is -2.20. The fourth-order valence-corrected chi connectivity index (χ4v) is 1.58. The average molecular weight is 390 g/mol. The fraction of sp³-hybridized carbons (Fsp3) is 0.667. The van der Waals surface area contributed by atoms with Crippen molar-refractivity contribution in [2.45, 2.75) is 26.4 Å². The van der Waals surface area contributed by atoms with Crippen molar-refractivity contribution in [1.29, 1.82) is 0 Å². The Morgan fingerprint density at radius 2 is 0.963 bits per heavy atom. The van der Waals surface area contributed by atoms with Crippen LogP contribution in [0.15, 0.2) is 25.3 Å². The van der Waals surface area contributed by atoms with E-state index >= 15 is 0 Å². The Bertz CT molecular complexity index is 387. The molecule has 0 aliphatic carbocycles. The molecule has 0 spiro atoms. The molecule has 0 aliphatic rings. The molecule has 0 aromatic carbocycles. The molecule has 0 saturated carbocycles. The van der Waals surface area contributed by atoms with Crippen LogP contribution in [0, 0.1) is 0 Å². The van der Waals surface area contributed by atoms with Crippen LogP contribution in [-0.2, 0) is 42.7 Å². The summed E-state index contributed by atoms with van der Waals surface area (Å²) in [7, 11) is 0. The number of ether oxygens (including phenoxy) is 7. The van der Waals surface area contributed by atoms with Crippen LogP contribution in [0.25, 0.3) is 0 Å². The molecule has 0 radical (unpaired) electrons. The Morgan fingerprint density at radius 3 is 1.26 bits per heavy atom. The number of hydrogen-bond acceptors (Lipinski definition) is 9. The quantitative estimate of drug-likeness (QED) is 0.148. The molecule has 0 aromatic rings. The summed E-state index contributed by atoms with van der Waals surface area (Å²) in [5.74, 6) is -1.06. The zero-order valence-electron chi connectivity index (χ0n) is 16.1. The van der Waals surface area contributed by atoms with Gasteiger partial charge < -0.3 is 33.2 Å². The van der Waals surface area contributed by atoms with Crippen molar-refractivity contribution in [3.05, 3.63) is 25.3 Å². The van der Waals surface area contributed by atoms with Gasteiger partial charge in [0.25, 0.3) is 0 Å². The van der Waals surface area contributed by atoms with Gasteiger partial charge in [-0.3, -0.25) is 0 Å². The molecule has 0 fully saturated rings. The third-order valence-electron chi connectivity index (χ3n) is 2.80. The number of hydrogen-bond donors (Lipinski definition) is 0. The van der Waals surface area contributed by atoms with Crippen LogP contribution in [0.4, 0.5) is 0 Å². The maximum absolute atomic E-state index is 10.9. The Kier molecular flexibility index (Phi) is 16.5. The van der Waals surface area contributed by atoms with Crippen LogP contribution in [0.2, 0.25) is 0 Å². The van der Waals surface area contributed by atoms with Crippen molar-refractivity contribution in [1.82, 2.24) is 0 Å². The van der Waals surface area contributed by atoms with Crippen molar-refractivity contribution in [2.24, 2.45) is 0 Å². The third kappa shape index (κ3) is 17.4. The molecule has 156 valence electrons. The van der Waals surface area contributed by atoms with E-state index in [1.807, 2.05) is 0 Å². The molecule has 9 heteroatoms. The Balaban J connectivity index is 3.27. The standard InChI is InChI=1S/C18H30O9/c1-5-17(19)26-15(3)24-13-11-22-9-7-21-8-10-23-12-14-25-16(4)27-18(20)6-2/h5-6,15-16H,1-2,7-14H2,3-4H3. The van der Waals surface area contributed by atoms with E-state index in [1.165, 1.54) is 0 Å². The van der Waals surface area contributed by atoms with E-state index in [0.717, 1.165) is 12.2 Å². The summed E-state index contributed by atoms with van der Waals surface area (Å²) in [5.41, 5.74) is 0. The van der Waals surface area contributed by atoms with Crippen LogP contribution >= 0.6 is 0 Å². The van der Waals surface area contributed by atoms with Gasteiger partial charge in [-0.25, -0.2) is 9.59 Å². The molecular formula is C18H30O9. The molecule has 2 unspecified atom stereocenters. The van der Waals surface area contributed by atoms with Gasteiger partial charge in [0.1, 0.15) is 0 Å². The largest absolute Gasteiger partial charge is 0.433 e. The molecule has 0 aromatic heterocycles. The van der Waals surface area contributed by atoms with Crippen molar-refractivity contribution >= 4 is 11.9 Å². The molecule has 0 N–H and O–H groups in total. The summed E-state index contributed by atoms with van der Waals surface area (Å²) in [6.45, 7) is 12.8. The highest BCUT2D eigenvalue weighted by Gasteiger charge is 2.06. The lowest BCUT2D eigenvalue weighted by Gasteiger charge is -2.13. The van der Waals surface area contributed by atoms with Gasteiger partial charge in [-0.05, 0) is 13.8 Å². The zero-order valence-corrected chi connectivity index (χ0v) is 16.1. The molecule has 0 aliphatic heterocycles. The predicted molar refractivity (Wildman–Crippen MR) is 95.9 cm³/mol. The molecule has 27 heavy (non-hydrogen) atoms. The molecule has 0 bridgehead atoms. The van der Waals surface area contributed by atoms with Crippen molar-refractivity contribution in [3.8, 4) is 0 Å². The Hall–Kier alpha value is -1.78. The summed E-state index contributed by atoms with van der Waals surface area (Å²) in [5, 5.41) is 0. The number of carbonyl (C=O) groups excluding carboxylic acids is 2. The van der Waals surface area contributed by atoms with Gasteiger partial charge in [0.05, 0.1) is 52.9 Å². The van der Waals surface area contributed by atoms with E-state index in [-0.39, 0.29) is 0 Å². The predicted octanol–water partition coefficient (Wildman–Crippen LogP) is 1.22. The van der Waals surface area contributed by atoms with Crippen LogP contribution in [0.5, 0.6) is 0 Å². The van der Waals surface area contributed by atoms with E-state index < -0.39 is 24.5 Å². The second-order valence-corrected chi connectivity index (χ2v) is 5.00. The van der Waals surface area contributed by atoms with E-state index in [1.54, 1.807) is 13.8 Å². The Morgan fingerprint density at radius 1 is 0.667 bits per heavy atom. The van der Waals surface area contributed by atoms with E-state index in [0.29, 0.717) is 52.9 Å². The van der Waals surface area contributed by atoms with Crippen molar-refractivity contribution in [2.75, 3.05) is 52.9 Å². The molecule has 0 saturated heterocycles. The SMILES string of the molecule is C=CC(=O)OC(C)OCCOCCOCCOCCOC(C)OC(=O)C=C. The molecule has 9 nitrogen and oxygen atoms in total. The van der Waals surface area contributed by atoms with Crippen LogP contribution in [-0.4, -0.2) is 77.4 Å². The summed E-state index contributed by atoms with van der Waals surface area (Å²) in [4.78, 5) is 21.8. The minimum atomic E-state index is -0.645. The van der Waals surface area contributed by atoms with Gasteiger partial charge in [0.2, 0.25) is 12.6 Å². The highest BCUT2D eigenvalue weighted by atomic mass is 16.7. The average Bonchev–Trinajstić information content (AvgIpc) is 2.65. The van der Waals surface area contributed by atoms with E-state index in [4.69, 9.17) is 33.2 Å². The first-order chi connectivity index (χ1) is 13.0. The molecule has 2 atom stereocenters. The van der Waals surface area contributed by atoms with Gasteiger partial charge in [-0.2, -0.15) is 0 Å². The smallest absolute Gasteiger partial charge is 0.332 e. The topological polar surface area (TPSA) is 98.8 Å². The Labute approximate surface area is 160 Å². The summed E-state index contributed by atoms with van der Waals surface area (Å²) in [6, 6.07) is 0. The number of carbonyl (C=O) groups is 2.